The number of pyridine rings is 1. The predicted molar refractivity (Wildman–Crippen MR) is 126 cm³/mol. The topological polar surface area (TPSA) is 85.7 Å². The highest BCUT2D eigenvalue weighted by molar-refractivity contribution is 7.90. The Kier molecular flexibility index (Phi) is 7.77. The Labute approximate surface area is 193 Å². The molecule has 0 aliphatic carbocycles. The molecule has 1 aromatic heterocycles. The second kappa shape index (κ2) is 10.3. The van der Waals surface area contributed by atoms with Crippen LogP contribution >= 0.6 is 11.6 Å². The number of sulfone groups is 1. The maximum absolute atomic E-state index is 11.8. The third-order valence-electron chi connectivity index (χ3n) is 4.99. The smallest absolute Gasteiger partial charge is 0.219 e. The molecule has 0 unspecified atom stereocenters. The number of halogens is 1. The Hall–Kier alpha value is -2.61. The summed E-state index contributed by atoms with van der Waals surface area (Å²) in [5.74, 6) is 0.903. The second-order valence-corrected chi connectivity index (χ2v) is 9.78. The minimum absolute atomic E-state index is 0.227. The number of aromatic nitrogens is 1. The normalized spacial score (nSPS) is 11.4. The van der Waals surface area contributed by atoms with E-state index in [4.69, 9.17) is 26.1 Å². The zero-order chi connectivity index (χ0) is 23.3. The zero-order valence-electron chi connectivity index (χ0n) is 18.3. The highest BCUT2D eigenvalue weighted by Crippen LogP contribution is 2.38. The van der Waals surface area contributed by atoms with Gasteiger partial charge in [-0.15, -0.1) is 0 Å². The van der Waals surface area contributed by atoms with E-state index in [1.807, 2.05) is 12.1 Å². The van der Waals surface area contributed by atoms with Gasteiger partial charge in [0.1, 0.15) is 5.75 Å². The molecule has 170 valence electrons. The van der Waals surface area contributed by atoms with Crippen LogP contribution in [0.5, 0.6) is 11.6 Å². The highest BCUT2D eigenvalue weighted by atomic mass is 35.5. The summed E-state index contributed by atoms with van der Waals surface area (Å²) < 4.78 is 34.8. The van der Waals surface area contributed by atoms with E-state index in [0.29, 0.717) is 34.5 Å². The summed E-state index contributed by atoms with van der Waals surface area (Å²) in [6.45, 7) is 2.31. The molecule has 0 spiro atoms. The van der Waals surface area contributed by atoms with Crippen LogP contribution in [0.25, 0.3) is 22.4 Å². The van der Waals surface area contributed by atoms with Crippen molar-refractivity contribution in [1.82, 2.24) is 4.98 Å². The number of hydrogen-bond donors (Lipinski definition) is 1. The monoisotopic (exact) mass is 475 g/mol. The first kappa shape index (κ1) is 24.0. The lowest BCUT2D eigenvalue weighted by molar-refractivity contribution is 0.255. The summed E-state index contributed by atoms with van der Waals surface area (Å²) in [6.07, 6.45) is 3.01. The van der Waals surface area contributed by atoms with Crippen molar-refractivity contribution in [2.45, 2.75) is 31.3 Å². The lowest BCUT2D eigenvalue weighted by Crippen LogP contribution is -2.05. The molecule has 32 heavy (non-hydrogen) atoms. The van der Waals surface area contributed by atoms with Crippen molar-refractivity contribution in [3.63, 3.8) is 0 Å². The number of aliphatic hydroxyl groups excluding tert-OH is 1. The molecule has 6 nitrogen and oxygen atoms in total. The van der Waals surface area contributed by atoms with Gasteiger partial charge >= 0.3 is 0 Å². The summed E-state index contributed by atoms with van der Waals surface area (Å²) in [7, 11) is -1.77. The molecule has 0 fully saturated rings. The first-order valence-corrected chi connectivity index (χ1v) is 12.5. The number of hydrogen-bond acceptors (Lipinski definition) is 6. The molecule has 0 aliphatic heterocycles. The number of methoxy groups -OCH3 is 1. The van der Waals surface area contributed by atoms with Crippen LogP contribution in [-0.4, -0.2) is 38.5 Å². The Morgan fingerprint density at radius 1 is 1.06 bits per heavy atom. The van der Waals surface area contributed by atoms with Gasteiger partial charge in [-0.3, -0.25) is 0 Å². The van der Waals surface area contributed by atoms with Crippen LogP contribution in [0.3, 0.4) is 0 Å². The molecule has 3 rings (SSSR count). The fourth-order valence-electron chi connectivity index (χ4n) is 3.22. The van der Waals surface area contributed by atoms with Gasteiger partial charge in [0.25, 0.3) is 0 Å². The van der Waals surface area contributed by atoms with E-state index in [-0.39, 0.29) is 11.5 Å². The largest absolute Gasteiger partial charge is 0.495 e. The first-order chi connectivity index (χ1) is 15.3. The van der Waals surface area contributed by atoms with E-state index in [1.165, 1.54) is 6.26 Å². The summed E-state index contributed by atoms with van der Waals surface area (Å²) in [6, 6.07) is 13.7. The Morgan fingerprint density at radius 2 is 1.75 bits per heavy atom. The van der Waals surface area contributed by atoms with Gasteiger partial charge < -0.3 is 14.6 Å². The molecule has 1 N–H and O–H groups in total. The third kappa shape index (κ3) is 5.41. The van der Waals surface area contributed by atoms with Crippen molar-refractivity contribution in [1.29, 1.82) is 0 Å². The van der Waals surface area contributed by atoms with Gasteiger partial charge in [0, 0.05) is 22.9 Å². The molecule has 2 aromatic carbocycles. The van der Waals surface area contributed by atoms with Gasteiger partial charge in [0.05, 0.1) is 35.9 Å². The molecule has 0 aliphatic rings. The fraction of sp³-hybridized carbons (Fsp3) is 0.292. The summed E-state index contributed by atoms with van der Waals surface area (Å²) in [5, 5.41) is 10.4. The van der Waals surface area contributed by atoms with Crippen molar-refractivity contribution >= 4 is 21.4 Å². The van der Waals surface area contributed by atoms with Crippen molar-refractivity contribution in [3.8, 4) is 34.0 Å². The molecule has 0 saturated carbocycles. The molecule has 0 bridgehead atoms. The number of rotatable bonds is 9. The van der Waals surface area contributed by atoms with E-state index >= 15 is 0 Å². The number of ether oxygens (including phenoxy) is 2. The van der Waals surface area contributed by atoms with Gasteiger partial charge in [-0.1, -0.05) is 37.1 Å². The van der Waals surface area contributed by atoms with Crippen LogP contribution in [0.4, 0.5) is 0 Å². The summed E-state index contributed by atoms with van der Waals surface area (Å²) in [4.78, 5) is 4.96. The van der Waals surface area contributed by atoms with Crippen molar-refractivity contribution in [2.24, 2.45) is 0 Å². The summed E-state index contributed by atoms with van der Waals surface area (Å²) in [5.41, 5.74) is 3.36. The fourth-order valence-corrected chi connectivity index (χ4v) is 4.11. The second-order valence-electron chi connectivity index (χ2n) is 7.35. The predicted octanol–water partition coefficient (Wildman–Crippen LogP) is 5.15. The SMILES string of the molecule is CCCCOc1nc(-c2ccc(OC)c(Cl)c2)c(-c2ccc(S(C)(=O)=O)cc2)cc1CO. The molecule has 8 heteroatoms. The van der Waals surface area contributed by atoms with E-state index < -0.39 is 9.84 Å². The zero-order valence-corrected chi connectivity index (χ0v) is 19.8. The van der Waals surface area contributed by atoms with Crippen LogP contribution in [0.1, 0.15) is 25.3 Å². The van der Waals surface area contributed by atoms with Gasteiger partial charge in [-0.25, -0.2) is 13.4 Å². The van der Waals surface area contributed by atoms with Gasteiger partial charge in [0.15, 0.2) is 9.84 Å². The van der Waals surface area contributed by atoms with E-state index in [9.17, 15) is 13.5 Å². The van der Waals surface area contributed by atoms with Gasteiger partial charge in [-0.05, 0) is 48.4 Å². The van der Waals surface area contributed by atoms with E-state index in [0.717, 1.165) is 29.5 Å². The van der Waals surface area contributed by atoms with Crippen molar-refractivity contribution < 1.29 is 23.0 Å². The van der Waals surface area contributed by atoms with E-state index in [2.05, 4.69) is 6.92 Å². The standard InChI is InChI=1S/C24H26ClNO5S/c1-4-5-12-31-24-18(15-27)13-20(16-6-9-19(10-7-16)32(3,28)29)23(26-24)17-8-11-22(30-2)21(25)14-17/h6-11,13-14,27H,4-5,12,15H2,1-3H3. The Balaban J connectivity index is 2.19. The minimum Gasteiger partial charge on any atom is -0.495 e. The number of aliphatic hydroxyl groups is 1. The van der Waals surface area contributed by atoms with Crippen molar-refractivity contribution in [3.05, 3.63) is 59.1 Å². The molecular weight excluding hydrogens is 450 g/mol. The molecule has 0 radical (unpaired) electrons. The lowest BCUT2D eigenvalue weighted by atomic mass is 9.97. The molecular formula is C24H26ClNO5S. The minimum atomic E-state index is -3.32. The van der Waals surface area contributed by atoms with Gasteiger partial charge in [0.2, 0.25) is 5.88 Å². The number of benzene rings is 2. The van der Waals surface area contributed by atoms with Crippen LogP contribution in [-0.2, 0) is 16.4 Å². The van der Waals surface area contributed by atoms with Crippen LogP contribution in [0.15, 0.2) is 53.4 Å². The summed E-state index contributed by atoms with van der Waals surface area (Å²) >= 11 is 6.36. The molecule has 0 atom stereocenters. The Morgan fingerprint density at radius 3 is 2.31 bits per heavy atom. The maximum atomic E-state index is 11.8. The molecule has 0 amide bonds. The molecule has 3 aromatic rings. The number of unbranched alkanes of at least 4 members (excludes halogenated alkanes) is 1. The van der Waals surface area contributed by atoms with Gasteiger partial charge in [-0.2, -0.15) is 0 Å². The maximum Gasteiger partial charge on any atom is 0.219 e. The highest BCUT2D eigenvalue weighted by Gasteiger charge is 2.18. The Bertz CT molecular complexity index is 1190. The first-order valence-electron chi connectivity index (χ1n) is 10.2. The quantitative estimate of drug-likeness (QED) is 0.430. The lowest BCUT2D eigenvalue weighted by Gasteiger charge is -2.16. The van der Waals surface area contributed by atoms with Crippen LogP contribution in [0, 0.1) is 0 Å². The van der Waals surface area contributed by atoms with E-state index in [1.54, 1.807) is 43.5 Å². The van der Waals surface area contributed by atoms with Crippen LogP contribution in [0.2, 0.25) is 5.02 Å². The number of nitrogens with zero attached hydrogens (tertiary/aromatic N) is 1. The molecule has 0 saturated heterocycles. The van der Waals surface area contributed by atoms with Crippen LogP contribution < -0.4 is 9.47 Å². The third-order valence-corrected chi connectivity index (χ3v) is 6.41. The average molecular weight is 476 g/mol. The average Bonchev–Trinajstić information content (AvgIpc) is 2.78. The van der Waals surface area contributed by atoms with Crippen molar-refractivity contribution in [2.75, 3.05) is 20.0 Å². The molecule has 1 heterocycles.